The van der Waals surface area contributed by atoms with E-state index >= 15 is 0 Å². The van der Waals surface area contributed by atoms with Crippen LogP contribution in [0.4, 0.5) is 0 Å². The van der Waals surface area contributed by atoms with Crippen LogP contribution in [0.15, 0.2) is 0 Å². The van der Waals surface area contributed by atoms with Crippen molar-refractivity contribution < 1.29 is 9.90 Å². The molecular weight excluding hydrogens is 278 g/mol. The minimum atomic E-state index is -0.634. The Morgan fingerprint density at radius 1 is 1.27 bits per heavy atom. The zero-order chi connectivity index (χ0) is 16.0. The van der Waals surface area contributed by atoms with E-state index in [2.05, 4.69) is 16.3 Å². The molecule has 0 aromatic heterocycles. The van der Waals surface area contributed by atoms with Crippen LogP contribution in [-0.2, 0) is 4.79 Å². The smallest absolute Gasteiger partial charge is 0.235 e. The highest BCUT2D eigenvalue weighted by Gasteiger charge is 2.34. The van der Waals surface area contributed by atoms with Gasteiger partial charge in [-0.2, -0.15) is 5.26 Å². The fourth-order valence-electron chi connectivity index (χ4n) is 3.85. The Morgan fingerprint density at radius 2 is 1.91 bits per heavy atom. The summed E-state index contributed by atoms with van der Waals surface area (Å²) in [5, 5.41) is 21.6. The first kappa shape index (κ1) is 17.2. The molecule has 0 atom stereocenters. The minimum absolute atomic E-state index is 0.0322. The lowest BCUT2D eigenvalue weighted by Gasteiger charge is -2.35. The molecule has 1 amide bonds. The van der Waals surface area contributed by atoms with Gasteiger partial charge >= 0.3 is 0 Å². The van der Waals surface area contributed by atoms with E-state index in [9.17, 15) is 15.2 Å². The van der Waals surface area contributed by atoms with Gasteiger partial charge in [-0.15, -0.1) is 0 Å². The van der Waals surface area contributed by atoms with Crippen molar-refractivity contribution >= 4 is 5.91 Å². The largest absolute Gasteiger partial charge is 0.396 e. The van der Waals surface area contributed by atoms with E-state index in [0.717, 1.165) is 57.8 Å². The highest BCUT2D eigenvalue weighted by Crippen LogP contribution is 2.28. The Labute approximate surface area is 133 Å². The molecule has 2 aliphatic carbocycles. The van der Waals surface area contributed by atoms with Crippen LogP contribution in [0.2, 0.25) is 0 Å². The molecule has 0 unspecified atom stereocenters. The third-order valence-corrected chi connectivity index (χ3v) is 5.39. The van der Waals surface area contributed by atoms with E-state index in [4.69, 9.17) is 0 Å². The standard InChI is InChI=1S/C17H29N3O2/c1-20(15-7-5-14(12-21)6-8-15)11-16(22)19-17(13-18)9-3-2-4-10-17/h14-15,21H,2-12H2,1H3,(H,19,22). The van der Waals surface area contributed by atoms with Crippen molar-refractivity contribution in [1.29, 1.82) is 5.26 Å². The molecular formula is C17H29N3O2. The molecule has 0 heterocycles. The van der Waals surface area contributed by atoms with Gasteiger partial charge in [0.15, 0.2) is 0 Å². The first-order valence-corrected chi connectivity index (χ1v) is 8.62. The highest BCUT2D eigenvalue weighted by molar-refractivity contribution is 5.79. The van der Waals surface area contributed by atoms with Crippen molar-refractivity contribution in [3.8, 4) is 6.07 Å². The number of carbonyl (C=O) groups excluding carboxylic acids is 1. The first-order valence-electron chi connectivity index (χ1n) is 8.62. The van der Waals surface area contributed by atoms with E-state index in [1.54, 1.807) is 0 Å². The molecule has 22 heavy (non-hydrogen) atoms. The predicted molar refractivity (Wildman–Crippen MR) is 85.0 cm³/mol. The number of nitriles is 1. The molecule has 5 heteroatoms. The number of hydrogen-bond donors (Lipinski definition) is 2. The number of nitrogens with one attached hydrogen (secondary N) is 1. The van der Waals surface area contributed by atoms with Gasteiger partial charge in [0.1, 0.15) is 5.54 Å². The van der Waals surface area contributed by atoms with Crippen LogP contribution in [0.1, 0.15) is 57.8 Å². The van der Waals surface area contributed by atoms with Crippen molar-refractivity contribution in [2.45, 2.75) is 69.4 Å². The number of carbonyl (C=O) groups is 1. The summed E-state index contributed by atoms with van der Waals surface area (Å²) in [6, 6.07) is 2.75. The zero-order valence-electron chi connectivity index (χ0n) is 13.7. The van der Waals surface area contributed by atoms with E-state index in [1.807, 2.05) is 7.05 Å². The second-order valence-corrected chi connectivity index (χ2v) is 7.07. The van der Waals surface area contributed by atoms with Crippen molar-refractivity contribution in [3.05, 3.63) is 0 Å². The molecule has 2 saturated carbocycles. The average molecular weight is 307 g/mol. The van der Waals surface area contributed by atoms with Gasteiger partial charge in [-0.1, -0.05) is 19.3 Å². The fraction of sp³-hybridized carbons (Fsp3) is 0.882. The number of aliphatic hydroxyl groups is 1. The molecule has 0 radical (unpaired) electrons. The van der Waals surface area contributed by atoms with Crippen LogP contribution in [0.5, 0.6) is 0 Å². The van der Waals surface area contributed by atoms with Crippen molar-refractivity contribution in [3.63, 3.8) is 0 Å². The maximum Gasteiger partial charge on any atom is 0.235 e. The van der Waals surface area contributed by atoms with E-state index in [1.165, 1.54) is 0 Å². The third kappa shape index (κ3) is 4.44. The molecule has 0 aliphatic heterocycles. The van der Waals surface area contributed by atoms with Gasteiger partial charge in [0.25, 0.3) is 0 Å². The maximum absolute atomic E-state index is 12.3. The Balaban J connectivity index is 1.80. The van der Waals surface area contributed by atoms with Crippen molar-refractivity contribution in [2.75, 3.05) is 20.2 Å². The predicted octanol–water partition coefficient (Wildman–Crippen LogP) is 1.81. The summed E-state index contributed by atoms with van der Waals surface area (Å²) < 4.78 is 0. The van der Waals surface area contributed by atoms with Gasteiger partial charge < -0.3 is 10.4 Å². The lowest BCUT2D eigenvalue weighted by molar-refractivity contribution is -0.124. The summed E-state index contributed by atoms with van der Waals surface area (Å²) in [7, 11) is 1.99. The SMILES string of the molecule is CN(CC(=O)NC1(C#N)CCCCC1)C1CCC(CO)CC1. The van der Waals surface area contributed by atoms with Crippen LogP contribution in [-0.4, -0.2) is 47.7 Å². The van der Waals surface area contributed by atoms with Crippen LogP contribution in [0.25, 0.3) is 0 Å². The summed E-state index contributed by atoms with van der Waals surface area (Å²) in [5.41, 5.74) is -0.634. The van der Waals surface area contributed by atoms with Crippen molar-refractivity contribution in [1.82, 2.24) is 10.2 Å². The van der Waals surface area contributed by atoms with Crippen LogP contribution in [0, 0.1) is 17.2 Å². The number of rotatable bonds is 5. The molecule has 0 saturated heterocycles. The van der Waals surface area contributed by atoms with Crippen LogP contribution in [0.3, 0.4) is 0 Å². The summed E-state index contributed by atoms with van der Waals surface area (Å²) >= 11 is 0. The fourth-order valence-corrected chi connectivity index (χ4v) is 3.85. The molecule has 5 nitrogen and oxygen atoms in total. The average Bonchev–Trinajstić information content (AvgIpc) is 2.55. The van der Waals surface area contributed by atoms with E-state index < -0.39 is 5.54 Å². The molecule has 2 N–H and O–H groups in total. The second kappa shape index (κ2) is 7.94. The lowest BCUT2D eigenvalue weighted by Crippen LogP contribution is -2.52. The van der Waals surface area contributed by atoms with Gasteiger partial charge in [-0.3, -0.25) is 9.69 Å². The van der Waals surface area contributed by atoms with Crippen LogP contribution >= 0.6 is 0 Å². The monoisotopic (exact) mass is 307 g/mol. The molecule has 2 aliphatic rings. The van der Waals surface area contributed by atoms with Gasteiger partial charge in [-0.05, 0) is 51.5 Å². The molecule has 2 fully saturated rings. The third-order valence-electron chi connectivity index (χ3n) is 5.39. The quantitative estimate of drug-likeness (QED) is 0.812. The summed E-state index contributed by atoms with van der Waals surface area (Å²) in [6.45, 7) is 0.638. The Bertz CT molecular complexity index is 405. The summed E-state index contributed by atoms with van der Waals surface area (Å²) in [5.74, 6) is 0.401. The van der Waals surface area contributed by atoms with Crippen LogP contribution < -0.4 is 5.32 Å². The molecule has 0 aromatic rings. The van der Waals surface area contributed by atoms with Gasteiger partial charge in [-0.25, -0.2) is 0 Å². The second-order valence-electron chi connectivity index (χ2n) is 7.07. The number of hydrogen-bond acceptors (Lipinski definition) is 4. The van der Waals surface area contributed by atoms with E-state index in [0.29, 0.717) is 18.5 Å². The van der Waals surface area contributed by atoms with Gasteiger partial charge in [0.2, 0.25) is 5.91 Å². The highest BCUT2D eigenvalue weighted by atomic mass is 16.3. The summed E-state index contributed by atoms with van der Waals surface area (Å²) in [6.07, 6.45) is 8.92. The Hall–Kier alpha value is -1.12. The number of nitrogens with zero attached hydrogens (tertiary/aromatic N) is 2. The maximum atomic E-state index is 12.3. The number of amides is 1. The molecule has 124 valence electrons. The van der Waals surface area contributed by atoms with Crippen molar-refractivity contribution in [2.24, 2.45) is 5.92 Å². The lowest BCUT2D eigenvalue weighted by atomic mass is 9.83. The van der Waals surface area contributed by atoms with E-state index in [-0.39, 0.29) is 12.5 Å². The topological polar surface area (TPSA) is 76.4 Å². The van der Waals surface area contributed by atoms with Gasteiger partial charge in [0, 0.05) is 12.6 Å². The Kier molecular flexibility index (Phi) is 6.22. The zero-order valence-corrected chi connectivity index (χ0v) is 13.7. The molecule has 0 spiro atoms. The Morgan fingerprint density at radius 3 is 2.45 bits per heavy atom. The normalized spacial score (nSPS) is 28.1. The molecule has 2 rings (SSSR count). The van der Waals surface area contributed by atoms with Gasteiger partial charge in [0.05, 0.1) is 12.6 Å². The molecule has 0 aromatic carbocycles. The number of aliphatic hydroxyl groups excluding tert-OH is 1. The summed E-state index contributed by atoms with van der Waals surface area (Å²) in [4.78, 5) is 14.4. The number of likely N-dealkylation sites (N-methyl/N-ethyl adjacent to an activating group) is 1. The minimum Gasteiger partial charge on any atom is -0.396 e. The molecule has 0 bridgehead atoms. The first-order chi connectivity index (χ1) is 10.6.